The van der Waals surface area contributed by atoms with Gasteiger partial charge in [-0.3, -0.25) is 9.59 Å². The Hall–Kier alpha value is -1.56. The van der Waals surface area contributed by atoms with Crippen LogP contribution < -0.4 is 0 Å². The van der Waals surface area contributed by atoms with Crippen LogP contribution in [0.15, 0.2) is 12.7 Å². The van der Waals surface area contributed by atoms with Gasteiger partial charge in [-0.1, -0.05) is 225 Å². The van der Waals surface area contributed by atoms with E-state index in [2.05, 4.69) is 13.5 Å². The Labute approximate surface area is 386 Å². The lowest BCUT2D eigenvalue weighted by molar-refractivity contribution is -0.305. The highest BCUT2D eigenvalue weighted by Gasteiger charge is 2.44. The highest BCUT2D eigenvalue weighted by Crippen LogP contribution is 2.23. The van der Waals surface area contributed by atoms with Crippen LogP contribution >= 0.6 is 0 Å². The Balaban J connectivity index is 2.20. The van der Waals surface area contributed by atoms with Crippen LogP contribution in [0.3, 0.4) is 0 Å². The monoisotopic (exact) mass is 897 g/mol. The normalized spacial score (nSPS) is 19.3. The number of hydrogen-bond acceptors (Lipinski definition) is 10. The Morgan fingerprint density at radius 2 is 0.873 bits per heavy atom. The lowest BCUT2D eigenvalue weighted by Gasteiger charge is -2.39. The quantitative estimate of drug-likeness (QED) is 0.0264. The van der Waals surface area contributed by atoms with Gasteiger partial charge in [0.25, 0.3) is 0 Å². The average molecular weight is 897 g/mol. The topological polar surface area (TPSA) is 152 Å². The molecule has 0 aliphatic carbocycles. The Bertz CT molecular complexity index is 1020. The van der Waals surface area contributed by atoms with Crippen LogP contribution in [0.2, 0.25) is 0 Å². The van der Waals surface area contributed by atoms with E-state index in [0.717, 1.165) is 44.9 Å². The molecule has 0 radical (unpaired) electrons. The summed E-state index contributed by atoms with van der Waals surface area (Å²) in [4.78, 5) is 25.5. The zero-order chi connectivity index (χ0) is 45.9. The summed E-state index contributed by atoms with van der Waals surface area (Å²) in [6.07, 6.45) is 41.2. The predicted molar refractivity (Wildman–Crippen MR) is 256 cm³/mol. The van der Waals surface area contributed by atoms with E-state index in [1.165, 1.54) is 186 Å². The minimum atomic E-state index is -1.59. The molecular formula is C53H100O10. The maximum absolute atomic E-state index is 12.8. The van der Waals surface area contributed by atoms with Gasteiger partial charge in [0.05, 0.1) is 13.2 Å². The van der Waals surface area contributed by atoms with Gasteiger partial charge >= 0.3 is 11.9 Å². The average Bonchev–Trinajstić information content (AvgIpc) is 3.28. The summed E-state index contributed by atoms with van der Waals surface area (Å²) in [6.45, 7) is 5.00. The molecule has 63 heavy (non-hydrogen) atoms. The van der Waals surface area contributed by atoms with E-state index >= 15 is 0 Å². The van der Waals surface area contributed by atoms with Crippen molar-refractivity contribution in [2.24, 2.45) is 0 Å². The van der Waals surface area contributed by atoms with Crippen molar-refractivity contribution < 1.29 is 49.0 Å². The number of carbonyl (C=O) groups excluding carboxylic acids is 2. The third-order valence-corrected chi connectivity index (χ3v) is 12.8. The first-order valence-electron chi connectivity index (χ1n) is 26.7. The molecule has 10 heteroatoms. The number of carbonyl (C=O) groups is 2. The Morgan fingerprint density at radius 3 is 1.25 bits per heavy atom. The van der Waals surface area contributed by atoms with Gasteiger partial charge in [-0.05, 0) is 25.7 Å². The fraction of sp³-hybridized carbons (Fsp3) is 0.925. The van der Waals surface area contributed by atoms with Crippen molar-refractivity contribution in [3.63, 3.8) is 0 Å². The highest BCUT2D eigenvalue weighted by atomic mass is 16.7. The molecule has 2 unspecified atom stereocenters. The van der Waals surface area contributed by atoms with Gasteiger partial charge in [-0.15, -0.1) is 6.58 Å². The van der Waals surface area contributed by atoms with E-state index in [1.54, 1.807) is 0 Å². The number of hydrogen-bond donors (Lipinski definition) is 4. The lowest BCUT2D eigenvalue weighted by Crippen LogP contribution is -2.59. The SMILES string of the molecule is C=CCCCCCCCCCCCCCCCC(=O)OC[C@H](CO[C@@H]1O[C@H](CO)[C@H](O)C(O)C1O)OC(=O)CCCCCCCCCCCCCCCCCCCCCCCCC. The molecule has 1 saturated heterocycles. The molecule has 1 heterocycles. The Kier molecular flexibility index (Phi) is 41.8. The first-order valence-corrected chi connectivity index (χ1v) is 26.7. The largest absolute Gasteiger partial charge is 0.462 e. The number of ether oxygens (including phenoxy) is 4. The van der Waals surface area contributed by atoms with Gasteiger partial charge in [-0.25, -0.2) is 0 Å². The molecule has 372 valence electrons. The molecule has 4 N–H and O–H groups in total. The summed E-state index contributed by atoms with van der Waals surface area (Å²) >= 11 is 0. The molecule has 1 fully saturated rings. The number of aliphatic hydroxyl groups excluding tert-OH is 4. The number of allylic oxidation sites excluding steroid dienone is 1. The minimum absolute atomic E-state index is 0.212. The minimum Gasteiger partial charge on any atom is -0.462 e. The molecule has 0 spiro atoms. The van der Waals surface area contributed by atoms with E-state index in [0.29, 0.717) is 6.42 Å². The molecule has 0 aromatic rings. The lowest BCUT2D eigenvalue weighted by atomic mass is 9.99. The number of rotatable bonds is 47. The van der Waals surface area contributed by atoms with E-state index in [4.69, 9.17) is 18.9 Å². The van der Waals surface area contributed by atoms with Gasteiger partial charge in [0, 0.05) is 12.8 Å². The maximum atomic E-state index is 12.8. The smallest absolute Gasteiger partial charge is 0.306 e. The van der Waals surface area contributed by atoms with Crippen molar-refractivity contribution in [3.05, 3.63) is 12.7 Å². The van der Waals surface area contributed by atoms with Gasteiger partial charge in [-0.2, -0.15) is 0 Å². The molecule has 1 aliphatic rings. The fourth-order valence-electron chi connectivity index (χ4n) is 8.58. The molecule has 0 amide bonds. The summed E-state index contributed by atoms with van der Waals surface area (Å²) in [5.74, 6) is -0.792. The summed E-state index contributed by atoms with van der Waals surface area (Å²) in [6, 6.07) is 0. The van der Waals surface area contributed by atoms with Gasteiger partial charge < -0.3 is 39.4 Å². The molecule has 0 aromatic heterocycles. The van der Waals surface area contributed by atoms with Crippen LogP contribution in [-0.4, -0.2) is 89.0 Å². The van der Waals surface area contributed by atoms with E-state index in [1.807, 2.05) is 6.08 Å². The van der Waals surface area contributed by atoms with E-state index < -0.39 is 49.4 Å². The van der Waals surface area contributed by atoms with Crippen LogP contribution in [0, 0.1) is 0 Å². The van der Waals surface area contributed by atoms with Gasteiger partial charge in [0.2, 0.25) is 0 Å². The first kappa shape index (κ1) is 59.5. The molecule has 0 bridgehead atoms. The molecule has 0 aromatic carbocycles. The van der Waals surface area contributed by atoms with Crippen LogP contribution in [0.5, 0.6) is 0 Å². The van der Waals surface area contributed by atoms with Crippen molar-refractivity contribution in [3.8, 4) is 0 Å². The van der Waals surface area contributed by atoms with Crippen molar-refractivity contribution in [1.82, 2.24) is 0 Å². The summed E-state index contributed by atoms with van der Waals surface area (Å²) in [7, 11) is 0. The molecule has 10 nitrogen and oxygen atoms in total. The fourth-order valence-corrected chi connectivity index (χ4v) is 8.58. The van der Waals surface area contributed by atoms with Gasteiger partial charge in [0.1, 0.15) is 31.0 Å². The third kappa shape index (κ3) is 35.3. The van der Waals surface area contributed by atoms with Gasteiger partial charge in [0.15, 0.2) is 12.4 Å². The standard InChI is InChI=1S/C53H100O10/c1-3-5-7-9-11-13-15-17-19-20-21-22-23-24-25-26-28-30-32-34-36-38-40-42-49(56)62-46(45-61-53-52(59)51(58)50(57)47(43-54)63-53)44-60-48(55)41-39-37-35-33-31-29-27-18-16-14-12-10-8-6-4-2/h4,46-47,50-54,57-59H,2-3,5-45H2,1H3/t46-,47-,50+,51?,52?,53-/m1/s1. The first-order chi connectivity index (χ1) is 30.8. The molecule has 1 rings (SSSR count). The zero-order valence-electron chi connectivity index (χ0n) is 40.7. The predicted octanol–water partition coefficient (Wildman–Crippen LogP) is 12.7. The van der Waals surface area contributed by atoms with Crippen LogP contribution in [0.25, 0.3) is 0 Å². The van der Waals surface area contributed by atoms with Crippen LogP contribution in [-0.2, 0) is 28.5 Å². The van der Waals surface area contributed by atoms with Crippen molar-refractivity contribution >= 4 is 11.9 Å². The maximum Gasteiger partial charge on any atom is 0.306 e. The number of aliphatic hydroxyl groups is 4. The number of esters is 2. The summed E-state index contributed by atoms with van der Waals surface area (Å²) in [5, 5.41) is 40.2. The summed E-state index contributed by atoms with van der Waals surface area (Å²) in [5.41, 5.74) is 0. The number of unbranched alkanes of at least 4 members (excludes halogenated alkanes) is 35. The molecular weight excluding hydrogens is 797 g/mol. The summed E-state index contributed by atoms with van der Waals surface area (Å²) < 4.78 is 22.3. The van der Waals surface area contributed by atoms with Crippen molar-refractivity contribution in [2.75, 3.05) is 19.8 Å². The van der Waals surface area contributed by atoms with E-state index in [9.17, 15) is 30.0 Å². The molecule has 0 saturated carbocycles. The van der Waals surface area contributed by atoms with Crippen molar-refractivity contribution in [2.45, 2.75) is 294 Å². The van der Waals surface area contributed by atoms with E-state index in [-0.39, 0.29) is 32.0 Å². The molecule has 6 atom stereocenters. The third-order valence-electron chi connectivity index (χ3n) is 12.8. The second-order valence-corrected chi connectivity index (χ2v) is 18.8. The van der Waals surface area contributed by atoms with Crippen LogP contribution in [0.4, 0.5) is 0 Å². The zero-order valence-corrected chi connectivity index (χ0v) is 40.7. The Morgan fingerprint density at radius 1 is 0.508 bits per heavy atom. The second-order valence-electron chi connectivity index (χ2n) is 18.8. The van der Waals surface area contributed by atoms with Crippen molar-refractivity contribution in [1.29, 1.82) is 0 Å². The molecule has 1 aliphatic heterocycles. The van der Waals surface area contributed by atoms with Crippen LogP contribution in [0.1, 0.15) is 257 Å². The second kappa shape index (κ2) is 44.3. The highest BCUT2D eigenvalue weighted by molar-refractivity contribution is 5.70.